The molecule has 5 heteroatoms. The van der Waals surface area contributed by atoms with Crippen LogP contribution in [0.25, 0.3) is 21.7 Å². The van der Waals surface area contributed by atoms with E-state index in [1.54, 1.807) is 10.9 Å². The molecular weight excluding hydrogens is 300 g/mol. The fourth-order valence-electron chi connectivity index (χ4n) is 2.87. The first-order valence-electron chi connectivity index (χ1n) is 7.69. The summed E-state index contributed by atoms with van der Waals surface area (Å²) in [5.74, 6) is -0.126. The number of fused-ring (bicyclic) bond motifs is 2. The van der Waals surface area contributed by atoms with Crippen molar-refractivity contribution in [1.29, 1.82) is 0 Å². The Morgan fingerprint density at radius 2 is 1.88 bits per heavy atom. The quantitative estimate of drug-likeness (QED) is 0.569. The van der Waals surface area contributed by atoms with E-state index in [1.807, 2.05) is 60.7 Å². The number of aromatic nitrogens is 2. The fourth-order valence-corrected chi connectivity index (χ4v) is 2.87. The van der Waals surface area contributed by atoms with Crippen molar-refractivity contribution in [2.24, 2.45) is 0 Å². The first-order valence-corrected chi connectivity index (χ1v) is 7.69. The number of hydrogen-bond acceptors (Lipinski definition) is 3. The van der Waals surface area contributed by atoms with Crippen LogP contribution in [0.5, 0.6) is 0 Å². The van der Waals surface area contributed by atoms with Crippen LogP contribution in [0.3, 0.4) is 0 Å². The number of carbonyl (C=O) groups is 1. The van der Waals surface area contributed by atoms with Crippen LogP contribution in [0.1, 0.15) is 0 Å². The molecule has 4 aromatic rings. The molecule has 0 bridgehead atoms. The first-order chi connectivity index (χ1) is 11.7. The number of nitrogens with two attached hydrogens (primary N) is 1. The summed E-state index contributed by atoms with van der Waals surface area (Å²) in [6.07, 6.45) is 1.74. The molecule has 0 unspecified atom stereocenters. The van der Waals surface area contributed by atoms with Gasteiger partial charge in [0.25, 0.3) is 0 Å². The first kappa shape index (κ1) is 14.3. The molecule has 4 rings (SSSR count). The van der Waals surface area contributed by atoms with Gasteiger partial charge in [0.15, 0.2) is 0 Å². The Kier molecular flexibility index (Phi) is 3.39. The minimum absolute atomic E-state index is 0.126. The lowest BCUT2D eigenvalue weighted by molar-refractivity contribution is -0.116. The van der Waals surface area contributed by atoms with Crippen molar-refractivity contribution >= 4 is 39.0 Å². The Bertz CT molecular complexity index is 1050. The fraction of sp³-hybridized carbons (Fsp3) is 0.0526. The monoisotopic (exact) mass is 316 g/mol. The standard InChI is InChI=1S/C19H16N4O/c20-15-9-8-14-11-21-23(18(14)10-15)12-19(24)22-17-7-3-5-13-4-1-2-6-16(13)17/h1-11H,12,20H2,(H,22,24). The molecule has 0 aliphatic carbocycles. The Hall–Kier alpha value is -3.34. The minimum Gasteiger partial charge on any atom is -0.399 e. The van der Waals surface area contributed by atoms with Crippen LogP contribution in [-0.4, -0.2) is 15.7 Å². The topological polar surface area (TPSA) is 72.9 Å². The van der Waals surface area contributed by atoms with Gasteiger partial charge >= 0.3 is 0 Å². The molecule has 0 atom stereocenters. The van der Waals surface area contributed by atoms with E-state index >= 15 is 0 Å². The number of hydrogen-bond donors (Lipinski definition) is 2. The van der Waals surface area contributed by atoms with Crippen molar-refractivity contribution in [3.05, 3.63) is 66.9 Å². The van der Waals surface area contributed by atoms with Gasteiger partial charge in [0.05, 0.1) is 11.7 Å². The van der Waals surface area contributed by atoms with Gasteiger partial charge in [0.1, 0.15) is 6.54 Å². The van der Waals surface area contributed by atoms with Gasteiger partial charge in [-0.25, -0.2) is 0 Å². The van der Waals surface area contributed by atoms with Gasteiger partial charge in [0, 0.05) is 22.1 Å². The Balaban J connectivity index is 1.61. The van der Waals surface area contributed by atoms with Crippen LogP contribution < -0.4 is 11.1 Å². The molecule has 0 aliphatic heterocycles. The number of rotatable bonds is 3. The van der Waals surface area contributed by atoms with Crippen molar-refractivity contribution < 1.29 is 4.79 Å². The van der Waals surface area contributed by atoms with Crippen LogP contribution >= 0.6 is 0 Å². The van der Waals surface area contributed by atoms with Gasteiger partial charge in [-0.15, -0.1) is 0 Å². The molecule has 118 valence electrons. The number of benzene rings is 3. The lowest BCUT2D eigenvalue weighted by Crippen LogP contribution is -2.19. The molecule has 1 heterocycles. The van der Waals surface area contributed by atoms with Crippen LogP contribution in [0.15, 0.2) is 66.9 Å². The molecule has 24 heavy (non-hydrogen) atoms. The van der Waals surface area contributed by atoms with Gasteiger partial charge in [-0.3, -0.25) is 9.48 Å². The van der Waals surface area contributed by atoms with Crippen LogP contribution in [0.2, 0.25) is 0 Å². The molecule has 0 saturated carbocycles. The zero-order valence-corrected chi connectivity index (χ0v) is 12.9. The summed E-state index contributed by atoms with van der Waals surface area (Å²) in [4.78, 5) is 12.4. The van der Waals surface area contributed by atoms with E-state index in [4.69, 9.17) is 5.73 Å². The van der Waals surface area contributed by atoms with Crippen molar-refractivity contribution in [2.75, 3.05) is 11.1 Å². The van der Waals surface area contributed by atoms with E-state index in [-0.39, 0.29) is 12.5 Å². The normalized spacial score (nSPS) is 11.0. The summed E-state index contributed by atoms with van der Waals surface area (Å²) < 4.78 is 1.66. The van der Waals surface area contributed by atoms with Crippen LogP contribution in [0.4, 0.5) is 11.4 Å². The zero-order chi connectivity index (χ0) is 16.5. The van der Waals surface area contributed by atoms with Gasteiger partial charge < -0.3 is 11.1 Å². The van der Waals surface area contributed by atoms with E-state index < -0.39 is 0 Å². The van der Waals surface area contributed by atoms with E-state index in [0.717, 1.165) is 27.4 Å². The summed E-state index contributed by atoms with van der Waals surface area (Å²) in [6.45, 7) is 0.135. The Morgan fingerprint density at radius 1 is 1.04 bits per heavy atom. The highest BCUT2D eigenvalue weighted by Crippen LogP contribution is 2.23. The predicted octanol–water partition coefficient (Wildman–Crippen LogP) is 3.41. The molecule has 0 fully saturated rings. The van der Waals surface area contributed by atoms with Crippen molar-refractivity contribution in [3.63, 3.8) is 0 Å². The summed E-state index contributed by atoms with van der Waals surface area (Å²) >= 11 is 0. The largest absolute Gasteiger partial charge is 0.399 e. The highest BCUT2D eigenvalue weighted by molar-refractivity contribution is 6.02. The summed E-state index contributed by atoms with van der Waals surface area (Å²) in [7, 11) is 0. The minimum atomic E-state index is -0.126. The van der Waals surface area contributed by atoms with E-state index in [0.29, 0.717) is 5.69 Å². The number of amides is 1. The smallest absolute Gasteiger partial charge is 0.246 e. The lowest BCUT2D eigenvalue weighted by Gasteiger charge is -2.09. The third-order valence-electron chi connectivity index (χ3n) is 4.03. The predicted molar refractivity (Wildman–Crippen MR) is 96.7 cm³/mol. The highest BCUT2D eigenvalue weighted by Gasteiger charge is 2.10. The molecule has 1 amide bonds. The molecule has 3 aromatic carbocycles. The molecule has 0 spiro atoms. The Labute approximate surface area is 138 Å². The molecule has 1 aromatic heterocycles. The lowest BCUT2D eigenvalue weighted by atomic mass is 10.1. The maximum Gasteiger partial charge on any atom is 0.246 e. The van der Waals surface area contributed by atoms with E-state index in [2.05, 4.69) is 10.4 Å². The SMILES string of the molecule is Nc1ccc2cnn(CC(=O)Nc3cccc4ccccc34)c2c1. The number of anilines is 2. The van der Waals surface area contributed by atoms with Crippen molar-refractivity contribution in [3.8, 4) is 0 Å². The number of nitrogens with one attached hydrogen (secondary N) is 1. The van der Waals surface area contributed by atoms with Crippen molar-refractivity contribution in [2.45, 2.75) is 6.54 Å². The third-order valence-corrected chi connectivity index (χ3v) is 4.03. The molecule has 0 saturated heterocycles. The van der Waals surface area contributed by atoms with Gasteiger partial charge in [-0.05, 0) is 29.7 Å². The summed E-state index contributed by atoms with van der Waals surface area (Å²) in [6, 6.07) is 19.4. The molecule has 0 radical (unpaired) electrons. The number of carbonyl (C=O) groups excluding carboxylic acids is 1. The van der Waals surface area contributed by atoms with Crippen LogP contribution in [-0.2, 0) is 11.3 Å². The maximum atomic E-state index is 12.4. The zero-order valence-electron chi connectivity index (χ0n) is 12.9. The summed E-state index contributed by atoms with van der Waals surface area (Å²) in [5.41, 5.74) is 8.13. The second kappa shape index (κ2) is 5.70. The maximum absolute atomic E-state index is 12.4. The molecule has 5 nitrogen and oxygen atoms in total. The second-order valence-electron chi connectivity index (χ2n) is 5.70. The number of nitrogens with zero attached hydrogens (tertiary/aromatic N) is 2. The second-order valence-corrected chi connectivity index (χ2v) is 5.70. The van der Waals surface area contributed by atoms with E-state index in [9.17, 15) is 4.79 Å². The summed E-state index contributed by atoms with van der Waals surface area (Å²) in [5, 5.41) is 10.3. The third kappa shape index (κ3) is 2.56. The molecule has 3 N–H and O–H groups in total. The molecule has 0 aliphatic rings. The number of nitrogen functional groups attached to an aromatic ring is 1. The van der Waals surface area contributed by atoms with E-state index in [1.165, 1.54) is 0 Å². The van der Waals surface area contributed by atoms with Crippen LogP contribution in [0, 0.1) is 0 Å². The van der Waals surface area contributed by atoms with Gasteiger partial charge in [-0.1, -0.05) is 36.4 Å². The average Bonchev–Trinajstić information content (AvgIpc) is 2.97. The Morgan fingerprint density at radius 3 is 2.79 bits per heavy atom. The highest BCUT2D eigenvalue weighted by atomic mass is 16.2. The van der Waals surface area contributed by atoms with Gasteiger partial charge in [0.2, 0.25) is 5.91 Å². The molecular formula is C19H16N4O. The van der Waals surface area contributed by atoms with Crippen molar-refractivity contribution in [1.82, 2.24) is 9.78 Å². The van der Waals surface area contributed by atoms with Gasteiger partial charge in [-0.2, -0.15) is 5.10 Å². The average molecular weight is 316 g/mol.